The first-order valence-corrected chi connectivity index (χ1v) is 7.48. The lowest BCUT2D eigenvalue weighted by Crippen LogP contribution is -1.78. The van der Waals surface area contributed by atoms with Crippen molar-refractivity contribution < 1.29 is 0 Å². The topological polar surface area (TPSA) is 12.9 Å². The average molecular weight is 275 g/mol. The number of pyridine rings is 1. The van der Waals surface area contributed by atoms with E-state index in [9.17, 15) is 0 Å². The number of thiophene rings is 1. The lowest BCUT2D eigenvalue weighted by molar-refractivity contribution is 1.39. The van der Waals surface area contributed by atoms with E-state index in [1.807, 2.05) is 23.6 Å². The van der Waals surface area contributed by atoms with Gasteiger partial charge in [-0.1, -0.05) is 36.4 Å². The smallest absolute Gasteiger partial charge is 0.0891 e. The third kappa shape index (κ3) is 1.73. The highest BCUT2D eigenvalue weighted by molar-refractivity contribution is 7.25. The van der Waals surface area contributed by atoms with Gasteiger partial charge in [0.15, 0.2) is 0 Å². The molecule has 2 heterocycles. The molecule has 20 heavy (non-hydrogen) atoms. The normalized spacial score (nSPS) is 11.2. The van der Waals surface area contributed by atoms with Crippen molar-refractivity contribution in [3.8, 4) is 11.1 Å². The predicted octanol–water partition coefficient (Wildman–Crippen LogP) is 5.42. The van der Waals surface area contributed by atoms with E-state index in [2.05, 4.69) is 60.4 Å². The van der Waals surface area contributed by atoms with E-state index in [1.54, 1.807) is 0 Å². The number of nitrogens with zero attached hydrogens (tertiary/aromatic N) is 1. The Morgan fingerprint density at radius 3 is 2.60 bits per heavy atom. The summed E-state index contributed by atoms with van der Waals surface area (Å²) in [6.07, 6.45) is 1.90. The Balaban J connectivity index is 2.04. The second-order valence-corrected chi connectivity index (χ2v) is 6.04. The molecular weight excluding hydrogens is 262 g/mol. The van der Waals surface area contributed by atoms with Crippen molar-refractivity contribution in [2.45, 2.75) is 6.92 Å². The van der Waals surface area contributed by atoms with E-state index >= 15 is 0 Å². The van der Waals surface area contributed by atoms with E-state index in [0.29, 0.717) is 0 Å². The van der Waals surface area contributed by atoms with Crippen LogP contribution in [0.2, 0.25) is 0 Å². The van der Waals surface area contributed by atoms with Crippen LogP contribution in [0.25, 0.3) is 31.4 Å². The summed E-state index contributed by atoms with van der Waals surface area (Å²) in [5.74, 6) is 0. The van der Waals surface area contributed by atoms with Crippen molar-refractivity contribution in [3.63, 3.8) is 0 Å². The van der Waals surface area contributed by atoms with Crippen molar-refractivity contribution in [1.82, 2.24) is 4.98 Å². The SMILES string of the molecule is Cc1ccnc2c1sc1ccc(-c3ccccc3)cc12. The van der Waals surface area contributed by atoms with Crippen molar-refractivity contribution >= 4 is 31.6 Å². The molecule has 0 bridgehead atoms. The Kier molecular flexibility index (Phi) is 2.57. The minimum absolute atomic E-state index is 1.13. The van der Waals surface area contributed by atoms with Gasteiger partial charge in [0, 0.05) is 16.3 Å². The molecule has 0 fully saturated rings. The molecule has 0 N–H and O–H groups in total. The average Bonchev–Trinajstić information content (AvgIpc) is 2.88. The highest BCUT2D eigenvalue weighted by Gasteiger charge is 2.09. The molecule has 0 amide bonds. The summed E-state index contributed by atoms with van der Waals surface area (Å²) in [7, 11) is 0. The van der Waals surface area contributed by atoms with Gasteiger partial charge in [-0.15, -0.1) is 11.3 Å². The van der Waals surface area contributed by atoms with Crippen LogP contribution in [0, 0.1) is 6.92 Å². The number of aromatic nitrogens is 1. The van der Waals surface area contributed by atoms with Crippen molar-refractivity contribution in [2.24, 2.45) is 0 Å². The number of aryl methyl sites for hydroxylation is 1. The first kappa shape index (κ1) is 11.6. The summed E-state index contributed by atoms with van der Waals surface area (Å²) in [4.78, 5) is 4.58. The zero-order valence-corrected chi connectivity index (χ0v) is 11.9. The first-order valence-electron chi connectivity index (χ1n) is 6.66. The van der Waals surface area contributed by atoms with Crippen LogP contribution < -0.4 is 0 Å². The molecule has 96 valence electrons. The molecule has 0 aliphatic heterocycles. The molecule has 0 saturated heterocycles. The maximum atomic E-state index is 4.58. The minimum Gasteiger partial charge on any atom is -0.255 e. The van der Waals surface area contributed by atoms with Gasteiger partial charge in [-0.25, -0.2) is 0 Å². The Labute approximate surface area is 121 Å². The highest BCUT2D eigenvalue weighted by atomic mass is 32.1. The third-order valence-electron chi connectivity index (χ3n) is 3.66. The van der Waals surface area contributed by atoms with Crippen LogP contribution in [0.15, 0.2) is 60.8 Å². The lowest BCUT2D eigenvalue weighted by atomic mass is 10.0. The number of rotatable bonds is 1. The molecule has 2 heteroatoms. The molecule has 0 aliphatic rings. The van der Waals surface area contributed by atoms with Crippen LogP contribution in [-0.2, 0) is 0 Å². The monoisotopic (exact) mass is 275 g/mol. The molecule has 4 rings (SSSR count). The molecule has 0 aliphatic carbocycles. The van der Waals surface area contributed by atoms with Crippen LogP contribution in [-0.4, -0.2) is 4.98 Å². The van der Waals surface area contributed by atoms with Gasteiger partial charge in [-0.2, -0.15) is 0 Å². The van der Waals surface area contributed by atoms with Crippen molar-refractivity contribution in [2.75, 3.05) is 0 Å². The van der Waals surface area contributed by atoms with E-state index < -0.39 is 0 Å². The second kappa shape index (κ2) is 4.43. The number of hydrogen-bond donors (Lipinski definition) is 0. The molecule has 2 aromatic carbocycles. The summed E-state index contributed by atoms with van der Waals surface area (Å²) in [6, 6.07) is 19.2. The van der Waals surface area contributed by atoms with Gasteiger partial charge in [-0.05, 0) is 41.8 Å². The fraction of sp³-hybridized carbons (Fsp3) is 0.0556. The molecule has 2 aromatic heterocycles. The Hall–Kier alpha value is -2.19. The van der Waals surface area contributed by atoms with Crippen LogP contribution >= 0.6 is 11.3 Å². The van der Waals surface area contributed by atoms with Crippen LogP contribution in [0.3, 0.4) is 0 Å². The summed E-state index contributed by atoms with van der Waals surface area (Å²) >= 11 is 1.83. The van der Waals surface area contributed by atoms with Gasteiger partial charge in [0.25, 0.3) is 0 Å². The fourth-order valence-corrected chi connectivity index (χ4v) is 3.70. The summed E-state index contributed by atoms with van der Waals surface area (Å²) in [5, 5.41) is 1.26. The minimum atomic E-state index is 1.13. The lowest BCUT2D eigenvalue weighted by Gasteiger charge is -2.01. The van der Waals surface area contributed by atoms with Crippen molar-refractivity contribution in [3.05, 3.63) is 66.4 Å². The highest BCUT2D eigenvalue weighted by Crippen LogP contribution is 2.36. The number of hydrogen-bond acceptors (Lipinski definition) is 2. The molecule has 0 atom stereocenters. The van der Waals surface area contributed by atoms with Crippen LogP contribution in [0.5, 0.6) is 0 Å². The Morgan fingerprint density at radius 2 is 1.75 bits per heavy atom. The molecule has 0 unspecified atom stereocenters. The molecular formula is C18H13NS. The third-order valence-corrected chi connectivity index (χ3v) is 4.95. The predicted molar refractivity (Wildman–Crippen MR) is 87.3 cm³/mol. The van der Waals surface area contributed by atoms with Crippen molar-refractivity contribution in [1.29, 1.82) is 0 Å². The van der Waals surface area contributed by atoms with E-state index in [4.69, 9.17) is 0 Å². The number of benzene rings is 2. The van der Waals surface area contributed by atoms with Gasteiger partial charge in [0.2, 0.25) is 0 Å². The Morgan fingerprint density at radius 1 is 0.900 bits per heavy atom. The van der Waals surface area contributed by atoms with Gasteiger partial charge < -0.3 is 0 Å². The Bertz CT molecular complexity index is 907. The van der Waals surface area contributed by atoms with E-state index in [-0.39, 0.29) is 0 Å². The van der Waals surface area contributed by atoms with Gasteiger partial charge in [0.1, 0.15) is 0 Å². The van der Waals surface area contributed by atoms with Gasteiger partial charge in [-0.3, -0.25) is 4.98 Å². The van der Waals surface area contributed by atoms with Crippen LogP contribution in [0.1, 0.15) is 5.56 Å². The van der Waals surface area contributed by atoms with Crippen LogP contribution in [0.4, 0.5) is 0 Å². The summed E-state index contributed by atoms with van der Waals surface area (Å²) < 4.78 is 2.61. The first-order chi connectivity index (χ1) is 9.83. The molecule has 0 saturated carbocycles. The second-order valence-electron chi connectivity index (χ2n) is 4.98. The molecule has 0 radical (unpaired) electrons. The quantitative estimate of drug-likeness (QED) is 0.451. The van der Waals surface area contributed by atoms with Gasteiger partial charge >= 0.3 is 0 Å². The maximum Gasteiger partial charge on any atom is 0.0891 e. The zero-order valence-electron chi connectivity index (χ0n) is 11.1. The molecule has 1 nitrogen and oxygen atoms in total. The summed E-state index contributed by atoms with van der Waals surface area (Å²) in [6.45, 7) is 2.15. The standard InChI is InChI=1S/C18H13NS/c1-12-9-10-19-17-15-11-14(13-5-3-2-4-6-13)7-8-16(15)20-18(12)17/h2-11H,1H3. The van der Waals surface area contributed by atoms with E-state index in [0.717, 1.165) is 5.52 Å². The fourth-order valence-electron chi connectivity index (χ4n) is 2.59. The maximum absolute atomic E-state index is 4.58. The summed E-state index contributed by atoms with van der Waals surface area (Å²) in [5.41, 5.74) is 4.93. The van der Waals surface area contributed by atoms with Gasteiger partial charge in [0.05, 0.1) is 10.2 Å². The zero-order chi connectivity index (χ0) is 13.5. The van der Waals surface area contributed by atoms with E-state index in [1.165, 1.54) is 31.5 Å². The molecule has 0 spiro atoms. The number of fused-ring (bicyclic) bond motifs is 3. The molecule has 4 aromatic rings. The largest absolute Gasteiger partial charge is 0.255 e.